The molecule has 0 N–H and O–H groups in total. The molecule has 41 heavy (non-hydrogen) atoms. The molecule has 0 spiro atoms. The van der Waals surface area contributed by atoms with Gasteiger partial charge in [0.05, 0.1) is 10.7 Å². The van der Waals surface area contributed by atoms with Gasteiger partial charge in [-0.2, -0.15) is 0 Å². The molecule has 0 aliphatic rings. The summed E-state index contributed by atoms with van der Waals surface area (Å²) in [6, 6.07) is 43.4. The zero-order valence-electron chi connectivity index (χ0n) is 21.9. The summed E-state index contributed by atoms with van der Waals surface area (Å²) >= 11 is 6.43. The Bertz CT molecular complexity index is 2000. The standard InChI is InChI=1S/C36H23ClN4/c37-32-21-33(29-18-15-25-9-4-5-10-28(25)19-29)34(38-22-32)30-11-6-12-31(20-30)36-40-23-39-35(41-36)27-16-13-26(14-17-27)24-7-2-1-3-8-24/h1-23H. The molecule has 7 aromatic rings. The number of hydrogen-bond acceptors (Lipinski definition) is 4. The second-order valence-electron chi connectivity index (χ2n) is 9.77. The Morgan fingerprint density at radius 3 is 1.90 bits per heavy atom. The molecule has 0 aliphatic heterocycles. The summed E-state index contributed by atoms with van der Waals surface area (Å²) in [7, 11) is 0. The van der Waals surface area contributed by atoms with Crippen LogP contribution < -0.4 is 0 Å². The SMILES string of the molecule is Clc1cnc(-c2cccc(-c3ncnc(-c4ccc(-c5ccccc5)cc4)n3)c2)c(-c2ccc3ccccc3c2)c1. The smallest absolute Gasteiger partial charge is 0.163 e. The van der Waals surface area contributed by atoms with Crippen LogP contribution in [0.5, 0.6) is 0 Å². The normalized spacial score (nSPS) is 11.0. The van der Waals surface area contributed by atoms with Crippen molar-refractivity contribution >= 4 is 22.4 Å². The monoisotopic (exact) mass is 546 g/mol. The van der Waals surface area contributed by atoms with Gasteiger partial charge in [0.25, 0.3) is 0 Å². The number of hydrogen-bond donors (Lipinski definition) is 0. The first-order chi connectivity index (χ1) is 20.2. The maximum Gasteiger partial charge on any atom is 0.163 e. The molecule has 0 radical (unpaired) electrons. The fraction of sp³-hybridized carbons (Fsp3) is 0. The van der Waals surface area contributed by atoms with E-state index in [1.807, 2.05) is 60.7 Å². The van der Waals surface area contributed by atoms with Gasteiger partial charge < -0.3 is 0 Å². The maximum atomic E-state index is 6.43. The zero-order chi connectivity index (χ0) is 27.6. The van der Waals surface area contributed by atoms with E-state index in [4.69, 9.17) is 21.6 Å². The van der Waals surface area contributed by atoms with Gasteiger partial charge in [0.15, 0.2) is 11.6 Å². The molecule has 5 aromatic carbocycles. The highest BCUT2D eigenvalue weighted by atomic mass is 35.5. The van der Waals surface area contributed by atoms with E-state index in [0.29, 0.717) is 16.7 Å². The third-order valence-electron chi connectivity index (χ3n) is 7.13. The Morgan fingerprint density at radius 2 is 1.07 bits per heavy atom. The van der Waals surface area contributed by atoms with Crippen LogP contribution in [0, 0.1) is 0 Å². The largest absolute Gasteiger partial charge is 0.254 e. The van der Waals surface area contributed by atoms with Crippen molar-refractivity contribution in [3.8, 4) is 56.3 Å². The number of pyridine rings is 1. The summed E-state index contributed by atoms with van der Waals surface area (Å²) in [6.45, 7) is 0. The van der Waals surface area contributed by atoms with Crippen molar-refractivity contribution in [1.82, 2.24) is 19.9 Å². The lowest BCUT2D eigenvalue weighted by Gasteiger charge is -2.12. The third-order valence-corrected chi connectivity index (χ3v) is 7.34. The van der Waals surface area contributed by atoms with Gasteiger partial charge >= 0.3 is 0 Å². The van der Waals surface area contributed by atoms with Crippen LogP contribution in [0.15, 0.2) is 140 Å². The molecule has 0 amide bonds. The van der Waals surface area contributed by atoms with E-state index in [2.05, 4.69) is 76.7 Å². The number of fused-ring (bicyclic) bond motifs is 1. The van der Waals surface area contributed by atoms with Gasteiger partial charge in [0.2, 0.25) is 0 Å². The molecule has 0 saturated carbocycles. The number of nitrogens with zero attached hydrogens (tertiary/aromatic N) is 4. The number of rotatable bonds is 5. The first-order valence-electron chi connectivity index (χ1n) is 13.3. The van der Waals surface area contributed by atoms with Crippen LogP contribution >= 0.6 is 11.6 Å². The molecule has 0 aliphatic carbocycles. The minimum Gasteiger partial charge on any atom is -0.254 e. The number of aromatic nitrogens is 4. The van der Waals surface area contributed by atoms with E-state index >= 15 is 0 Å². The molecular weight excluding hydrogens is 524 g/mol. The molecule has 2 heterocycles. The Kier molecular flexibility index (Phi) is 6.51. The molecule has 194 valence electrons. The molecule has 0 unspecified atom stereocenters. The van der Waals surface area contributed by atoms with E-state index in [9.17, 15) is 0 Å². The highest BCUT2D eigenvalue weighted by molar-refractivity contribution is 6.30. The van der Waals surface area contributed by atoms with Crippen LogP contribution in [0.4, 0.5) is 0 Å². The van der Waals surface area contributed by atoms with Crippen molar-refractivity contribution in [1.29, 1.82) is 0 Å². The fourth-order valence-electron chi connectivity index (χ4n) is 5.07. The number of benzene rings is 5. The number of halogens is 1. The lowest BCUT2D eigenvalue weighted by molar-refractivity contribution is 1.07. The van der Waals surface area contributed by atoms with Crippen molar-refractivity contribution < 1.29 is 0 Å². The van der Waals surface area contributed by atoms with Gasteiger partial charge in [-0.15, -0.1) is 0 Å². The summed E-state index contributed by atoms with van der Waals surface area (Å²) in [5, 5.41) is 2.95. The molecule has 7 rings (SSSR count). The predicted molar refractivity (Wildman–Crippen MR) is 167 cm³/mol. The molecule has 0 bridgehead atoms. The summed E-state index contributed by atoms with van der Waals surface area (Å²) in [5.74, 6) is 1.23. The van der Waals surface area contributed by atoms with E-state index in [-0.39, 0.29) is 0 Å². The predicted octanol–water partition coefficient (Wildman–Crippen LogP) is 9.41. The topological polar surface area (TPSA) is 51.6 Å². The molecule has 4 nitrogen and oxygen atoms in total. The summed E-state index contributed by atoms with van der Waals surface area (Å²) in [6.07, 6.45) is 3.25. The van der Waals surface area contributed by atoms with E-state index in [1.54, 1.807) is 12.5 Å². The van der Waals surface area contributed by atoms with Crippen LogP contribution in [0.2, 0.25) is 5.02 Å². The quantitative estimate of drug-likeness (QED) is 0.216. The van der Waals surface area contributed by atoms with Crippen molar-refractivity contribution in [3.05, 3.63) is 145 Å². The van der Waals surface area contributed by atoms with Crippen LogP contribution in [0.25, 0.3) is 67.1 Å². The Labute approximate surface area is 243 Å². The third kappa shape index (κ3) is 5.09. The fourth-order valence-corrected chi connectivity index (χ4v) is 5.23. The molecular formula is C36H23ClN4. The Hall–Kier alpha value is -5.19. The van der Waals surface area contributed by atoms with E-state index in [1.165, 1.54) is 16.3 Å². The molecule has 0 fully saturated rings. The van der Waals surface area contributed by atoms with E-state index in [0.717, 1.165) is 39.1 Å². The van der Waals surface area contributed by atoms with Crippen molar-refractivity contribution in [3.63, 3.8) is 0 Å². The summed E-state index contributed by atoms with van der Waals surface area (Å²) in [4.78, 5) is 18.5. The van der Waals surface area contributed by atoms with Gasteiger partial charge in [0.1, 0.15) is 6.33 Å². The minimum atomic E-state index is 0.591. The maximum absolute atomic E-state index is 6.43. The summed E-state index contributed by atoms with van der Waals surface area (Å²) < 4.78 is 0. The van der Waals surface area contributed by atoms with Crippen molar-refractivity contribution in [2.75, 3.05) is 0 Å². The first kappa shape index (κ1) is 24.8. The van der Waals surface area contributed by atoms with Crippen molar-refractivity contribution in [2.45, 2.75) is 0 Å². The lowest BCUT2D eigenvalue weighted by atomic mass is 9.96. The van der Waals surface area contributed by atoms with Gasteiger partial charge in [-0.1, -0.05) is 121 Å². The molecule has 5 heteroatoms. The van der Waals surface area contributed by atoms with Gasteiger partial charge in [-0.25, -0.2) is 15.0 Å². The average molecular weight is 547 g/mol. The lowest BCUT2D eigenvalue weighted by Crippen LogP contribution is -1.96. The van der Waals surface area contributed by atoms with Crippen molar-refractivity contribution in [2.24, 2.45) is 0 Å². The minimum absolute atomic E-state index is 0.591. The molecule has 0 atom stereocenters. The molecule has 0 saturated heterocycles. The highest BCUT2D eigenvalue weighted by Gasteiger charge is 2.13. The Morgan fingerprint density at radius 1 is 0.439 bits per heavy atom. The van der Waals surface area contributed by atoms with Crippen LogP contribution in [-0.2, 0) is 0 Å². The first-order valence-corrected chi connectivity index (χ1v) is 13.7. The van der Waals surface area contributed by atoms with E-state index < -0.39 is 0 Å². The summed E-state index contributed by atoms with van der Waals surface area (Å²) in [5.41, 5.74) is 7.96. The highest BCUT2D eigenvalue weighted by Crippen LogP contribution is 2.35. The zero-order valence-corrected chi connectivity index (χ0v) is 22.7. The van der Waals surface area contributed by atoms with Crippen LogP contribution in [0.3, 0.4) is 0 Å². The van der Waals surface area contributed by atoms with Gasteiger partial charge in [-0.3, -0.25) is 4.98 Å². The second kappa shape index (κ2) is 10.8. The molecule has 2 aromatic heterocycles. The van der Waals surface area contributed by atoms with Gasteiger partial charge in [-0.05, 0) is 45.7 Å². The van der Waals surface area contributed by atoms with Crippen LogP contribution in [-0.4, -0.2) is 19.9 Å². The van der Waals surface area contributed by atoms with Gasteiger partial charge in [0, 0.05) is 28.5 Å². The average Bonchev–Trinajstić information content (AvgIpc) is 3.05. The second-order valence-corrected chi connectivity index (χ2v) is 10.2. The van der Waals surface area contributed by atoms with Crippen LogP contribution in [0.1, 0.15) is 0 Å². The Balaban J connectivity index is 1.24.